The minimum atomic E-state index is 0.484. The zero-order valence-corrected chi connectivity index (χ0v) is 10.8. The molecule has 0 amide bonds. The van der Waals surface area contributed by atoms with Crippen molar-refractivity contribution in [3.63, 3.8) is 0 Å². The monoisotopic (exact) mass is 282 g/mol. The van der Waals surface area contributed by atoms with Crippen molar-refractivity contribution >= 4 is 33.4 Å². The molecule has 0 spiro atoms. The summed E-state index contributed by atoms with van der Waals surface area (Å²) in [5.41, 5.74) is 4.49. The number of hydrogen-bond acceptors (Lipinski definition) is 8. The molecule has 0 aliphatic rings. The summed E-state index contributed by atoms with van der Waals surface area (Å²) >= 11 is 0. The Hall–Kier alpha value is -3.16. The molecular weight excluding hydrogens is 272 g/mol. The largest absolute Gasteiger partial charge is 0.366 e. The first-order valence-electron chi connectivity index (χ1n) is 6.32. The molecule has 8 heteroatoms. The van der Waals surface area contributed by atoms with Gasteiger partial charge in [-0.05, 0) is 44.9 Å². The van der Waals surface area contributed by atoms with Crippen molar-refractivity contribution in [1.82, 2.24) is 20.6 Å². The SMILES string of the molecule is c1cc(NCNc2cccc3nonc23)c2nonc2c1. The summed E-state index contributed by atoms with van der Waals surface area (Å²) in [6.45, 7) is 0.484. The van der Waals surface area contributed by atoms with Crippen molar-refractivity contribution in [1.29, 1.82) is 0 Å². The van der Waals surface area contributed by atoms with Crippen molar-refractivity contribution in [3.05, 3.63) is 36.4 Å². The fourth-order valence-corrected chi connectivity index (χ4v) is 2.13. The number of anilines is 2. The highest BCUT2D eigenvalue weighted by molar-refractivity contribution is 5.88. The third kappa shape index (κ3) is 2.02. The first-order chi connectivity index (χ1) is 10.4. The Labute approximate surface area is 118 Å². The predicted octanol–water partition coefficient (Wildman–Crippen LogP) is 2.24. The second-order valence-corrected chi connectivity index (χ2v) is 4.41. The van der Waals surface area contributed by atoms with E-state index >= 15 is 0 Å². The number of rotatable bonds is 4. The average molecular weight is 282 g/mol. The molecular formula is C13H10N6O2. The second-order valence-electron chi connectivity index (χ2n) is 4.41. The van der Waals surface area contributed by atoms with Gasteiger partial charge in [0.1, 0.15) is 11.0 Å². The summed E-state index contributed by atoms with van der Waals surface area (Å²) in [5.74, 6) is 0. The molecule has 0 aliphatic carbocycles. The summed E-state index contributed by atoms with van der Waals surface area (Å²) in [5, 5.41) is 21.8. The van der Waals surface area contributed by atoms with Gasteiger partial charge in [0, 0.05) is 0 Å². The smallest absolute Gasteiger partial charge is 0.158 e. The van der Waals surface area contributed by atoms with Crippen LogP contribution in [0.3, 0.4) is 0 Å². The van der Waals surface area contributed by atoms with Gasteiger partial charge >= 0.3 is 0 Å². The Morgan fingerprint density at radius 2 is 1.24 bits per heavy atom. The lowest BCUT2D eigenvalue weighted by Gasteiger charge is -2.09. The molecule has 2 aromatic carbocycles. The molecule has 0 unspecified atom stereocenters. The average Bonchev–Trinajstić information content (AvgIpc) is 3.16. The fourth-order valence-electron chi connectivity index (χ4n) is 2.13. The second kappa shape index (κ2) is 4.75. The van der Waals surface area contributed by atoms with Gasteiger partial charge in [0.2, 0.25) is 0 Å². The van der Waals surface area contributed by atoms with E-state index in [9.17, 15) is 0 Å². The predicted molar refractivity (Wildman–Crippen MR) is 75.7 cm³/mol. The van der Waals surface area contributed by atoms with E-state index in [0.29, 0.717) is 28.7 Å². The Kier molecular flexibility index (Phi) is 2.63. The molecule has 2 heterocycles. The zero-order chi connectivity index (χ0) is 14.1. The third-order valence-corrected chi connectivity index (χ3v) is 3.13. The van der Waals surface area contributed by atoms with E-state index in [1.165, 1.54) is 0 Å². The first-order valence-corrected chi connectivity index (χ1v) is 6.32. The van der Waals surface area contributed by atoms with Gasteiger partial charge in [-0.1, -0.05) is 12.1 Å². The molecule has 0 bridgehead atoms. The summed E-state index contributed by atoms with van der Waals surface area (Å²) in [4.78, 5) is 0. The summed E-state index contributed by atoms with van der Waals surface area (Å²) < 4.78 is 9.45. The number of benzene rings is 2. The summed E-state index contributed by atoms with van der Waals surface area (Å²) in [7, 11) is 0. The Bertz CT molecular complexity index is 826. The minimum absolute atomic E-state index is 0.484. The Morgan fingerprint density at radius 3 is 1.76 bits per heavy atom. The van der Waals surface area contributed by atoms with E-state index in [2.05, 4.69) is 31.3 Å². The normalized spacial score (nSPS) is 11.0. The highest BCUT2D eigenvalue weighted by Gasteiger charge is 2.07. The molecule has 4 aromatic rings. The Morgan fingerprint density at radius 1 is 0.714 bits per heavy atom. The van der Waals surface area contributed by atoms with E-state index in [-0.39, 0.29) is 0 Å². The summed E-state index contributed by atoms with van der Waals surface area (Å²) in [6, 6.07) is 11.3. The molecule has 0 saturated carbocycles. The van der Waals surface area contributed by atoms with Gasteiger partial charge in [-0.3, -0.25) is 0 Å². The van der Waals surface area contributed by atoms with E-state index in [1.807, 2.05) is 36.4 Å². The van der Waals surface area contributed by atoms with Crippen LogP contribution in [0.25, 0.3) is 22.1 Å². The highest BCUT2D eigenvalue weighted by atomic mass is 16.6. The van der Waals surface area contributed by atoms with Gasteiger partial charge in [-0.15, -0.1) is 0 Å². The maximum Gasteiger partial charge on any atom is 0.158 e. The van der Waals surface area contributed by atoms with Gasteiger partial charge in [-0.25, -0.2) is 9.26 Å². The molecule has 0 radical (unpaired) electrons. The first kappa shape index (κ1) is 11.6. The van der Waals surface area contributed by atoms with Crippen molar-refractivity contribution in [2.45, 2.75) is 0 Å². The van der Waals surface area contributed by atoms with Crippen LogP contribution in [-0.2, 0) is 0 Å². The minimum Gasteiger partial charge on any atom is -0.366 e. The number of fused-ring (bicyclic) bond motifs is 2. The standard InChI is InChI=1S/C13H10N6O2/c1-3-8(12-10(5-1)16-20-18-12)14-7-15-9-4-2-6-11-13(9)19-21-17-11/h1-6,14-15H,7H2. The molecule has 2 aromatic heterocycles. The van der Waals surface area contributed by atoms with Crippen LogP contribution in [-0.4, -0.2) is 27.3 Å². The van der Waals surface area contributed by atoms with Crippen LogP contribution in [0, 0.1) is 0 Å². The Balaban J connectivity index is 1.53. The third-order valence-electron chi connectivity index (χ3n) is 3.13. The lowest BCUT2D eigenvalue weighted by molar-refractivity contribution is 0.315. The van der Waals surface area contributed by atoms with E-state index < -0.39 is 0 Å². The topological polar surface area (TPSA) is 102 Å². The fraction of sp³-hybridized carbons (Fsp3) is 0.0769. The van der Waals surface area contributed by atoms with E-state index in [4.69, 9.17) is 9.26 Å². The number of aromatic nitrogens is 4. The van der Waals surface area contributed by atoms with Crippen molar-refractivity contribution < 1.29 is 9.26 Å². The molecule has 0 aliphatic heterocycles. The van der Waals surface area contributed by atoms with Gasteiger partial charge in [-0.2, -0.15) is 0 Å². The van der Waals surface area contributed by atoms with Crippen LogP contribution in [0.15, 0.2) is 45.7 Å². The van der Waals surface area contributed by atoms with Crippen LogP contribution >= 0.6 is 0 Å². The molecule has 2 N–H and O–H groups in total. The number of nitrogens with one attached hydrogen (secondary N) is 2. The van der Waals surface area contributed by atoms with Crippen molar-refractivity contribution in [2.24, 2.45) is 0 Å². The van der Waals surface area contributed by atoms with Crippen LogP contribution in [0.5, 0.6) is 0 Å². The zero-order valence-electron chi connectivity index (χ0n) is 10.8. The maximum atomic E-state index is 4.73. The van der Waals surface area contributed by atoms with Crippen LogP contribution in [0.1, 0.15) is 0 Å². The van der Waals surface area contributed by atoms with Crippen LogP contribution < -0.4 is 10.6 Å². The van der Waals surface area contributed by atoms with Crippen molar-refractivity contribution in [3.8, 4) is 0 Å². The van der Waals surface area contributed by atoms with Gasteiger partial charge in [0.25, 0.3) is 0 Å². The maximum absolute atomic E-state index is 4.73. The molecule has 104 valence electrons. The number of nitrogens with zero attached hydrogens (tertiary/aromatic N) is 4. The molecule has 0 saturated heterocycles. The molecule has 0 atom stereocenters. The van der Waals surface area contributed by atoms with Crippen LogP contribution in [0.2, 0.25) is 0 Å². The van der Waals surface area contributed by atoms with Crippen LogP contribution in [0.4, 0.5) is 11.4 Å². The van der Waals surface area contributed by atoms with Gasteiger partial charge < -0.3 is 10.6 Å². The molecule has 8 nitrogen and oxygen atoms in total. The molecule has 4 rings (SSSR count). The van der Waals surface area contributed by atoms with Gasteiger partial charge in [0.05, 0.1) is 18.0 Å². The lowest BCUT2D eigenvalue weighted by atomic mass is 10.2. The van der Waals surface area contributed by atoms with E-state index in [0.717, 1.165) is 11.4 Å². The number of hydrogen-bond donors (Lipinski definition) is 2. The van der Waals surface area contributed by atoms with Crippen molar-refractivity contribution in [2.75, 3.05) is 17.3 Å². The van der Waals surface area contributed by atoms with E-state index in [1.54, 1.807) is 0 Å². The molecule has 0 fully saturated rings. The summed E-state index contributed by atoms with van der Waals surface area (Å²) in [6.07, 6.45) is 0. The van der Waals surface area contributed by atoms with Gasteiger partial charge in [0.15, 0.2) is 11.0 Å². The quantitative estimate of drug-likeness (QED) is 0.549. The lowest BCUT2D eigenvalue weighted by Crippen LogP contribution is -2.12. The highest BCUT2D eigenvalue weighted by Crippen LogP contribution is 2.21. The molecule has 21 heavy (non-hydrogen) atoms.